The van der Waals surface area contributed by atoms with Crippen molar-refractivity contribution < 1.29 is 4.74 Å². The molecule has 5 heteroatoms. The average Bonchev–Trinajstić information content (AvgIpc) is 2.37. The molecule has 0 amide bonds. The SMILES string of the molecule is CCN1CCC[C@@H](CN=C(N)NCCOC)C1. The Hall–Kier alpha value is -0.810. The highest BCUT2D eigenvalue weighted by atomic mass is 16.5. The molecule has 1 aliphatic rings. The van der Waals surface area contributed by atoms with E-state index in [1.165, 1.54) is 19.4 Å². The molecule has 0 bridgehead atoms. The summed E-state index contributed by atoms with van der Waals surface area (Å²) in [6, 6.07) is 0. The lowest BCUT2D eigenvalue weighted by Gasteiger charge is -2.30. The van der Waals surface area contributed by atoms with Crippen molar-refractivity contribution in [1.82, 2.24) is 10.2 Å². The smallest absolute Gasteiger partial charge is 0.188 e. The molecular weight excluding hydrogens is 216 g/mol. The summed E-state index contributed by atoms with van der Waals surface area (Å²) < 4.78 is 4.94. The summed E-state index contributed by atoms with van der Waals surface area (Å²) in [6.07, 6.45) is 2.55. The molecule has 1 rings (SSSR count). The molecule has 3 N–H and O–H groups in total. The van der Waals surface area contributed by atoms with Gasteiger partial charge in [-0.15, -0.1) is 0 Å². The fourth-order valence-corrected chi connectivity index (χ4v) is 2.15. The molecule has 0 aromatic heterocycles. The molecule has 17 heavy (non-hydrogen) atoms. The van der Waals surface area contributed by atoms with Crippen LogP contribution in [0.1, 0.15) is 19.8 Å². The van der Waals surface area contributed by atoms with Crippen LogP contribution in [0.4, 0.5) is 0 Å². The van der Waals surface area contributed by atoms with Gasteiger partial charge in [-0.25, -0.2) is 0 Å². The van der Waals surface area contributed by atoms with Gasteiger partial charge in [0.1, 0.15) is 0 Å². The van der Waals surface area contributed by atoms with Crippen LogP contribution in [0.3, 0.4) is 0 Å². The number of rotatable bonds is 6. The molecule has 1 saturated heterocycles. The molecule has 0 aromatic carbocycles. The number of nitrogens with one attached hydrogen (secondary N) is 1. The lowest BCUT2D eigenvalue weighted by atomic mass is 9.98. The van der Waals surface area contributed by atoms with E-state index >= 15 is 0 Å². The van der Waals surface area contributed by atoms with Crippen molar-refractivity contribution in [2.45, 2.75) is 19.8 Å². The van der Waals surface area contributed by atoms with Gasteiger partial charge in [0.2, 0.25) is 0 Å². The van der Waals surface area contributed by atoms with E-state index in [4.69, 9.17) is 10.5 Å². The van der Waals surface area contributed by atoms with Crippen LogP contribution in [0.2, 0.25) is 0 Å². The summed E-state index contributed by atoms with van der Waals surface area (Å²) in [5, 5.41) is 3.04. The van der Waals surface area contributed by atoms with Crippen molar-refractivity contribution in [1.29, 1.82) is 0 Å². The molecule has 0 spiro atoms. The summed E-state index contributed by atoms with van der Waals surface area (Å²) >= 11 is 0. The van der Waals surface area contributed by atoms with Crippen LogP contribution in [0.25, 0.3) is 0 Å². The van der Waals surface area contributed by atoms with E-state index < -0.39 is 0 Å². The van der Waals surface area contributed by atoms with Crippen LogP contribution in [-0.2, 0) is 4.74 Å². The third-order valence-electron chi connectivity index (χ3n) is 3.18. The quantitative estimate of drug-likeness (QED) is 0.399. The van der Waals surface area contributed by atoms with Crippen LogP contribution < -0.4 is 11.1 Å². The largest absolute Gasteiger partial charge is 0.383 e. The lowest BCUT2D eigenvalue weighted by Crippen LogP contribution is -2.38. The molecule has 1 atom stereocenters. The first-order valence-corrected chi connectivity index (χ1v) is 6.51. The monoisotopic (exact) mass is 242 g/mol. The van der Waals surface area contributed by atoms with E-state index in [1.807, 2.05) is 0 Å². The zero-order chi connectivity index (χ0) is 12.5. The molecule has 0 aliphatic carbocycles. The number of hydrogen-bond donors (Lipinski definition) is 2. The minimum atomic E-state index is 0.538. The van der Waals surface area contributed by atoms with Crippen molar-refractivity contribution in [2.24, 2.45) is 16.6 Å². The Morgan fingerprint density at radius 3 is 3.12 bits per heavy atom. The summed E-state index contributed by atoms with van der Waals surface area (Å²) in [5.74, 6) is 1.20. The first-order chi connectivity index (χ1) is 8.26. The Morgan fingerprint density at radius 1 is 1.59 bits per heavy atom. The molecule has 1 fully saturated rings. The van der Waals surface area contributed by atoms with Crippen LogP contribution in [0.15, 0.2) is 4.99 Å². The van der Waals surface area contributed by atoms with Gasteiger partial charge in [0.15, 0.2) is 5.96 Å². The topological polar surface area (TPSA) is 62.9 Å². The van der Waals surface area contributed by atoms with E-state index in [1.54, 1.807) is 7.11 Å². The van der Waals surface area contributed by atoms with Gasteiger partial charge in [0.25, 0.3) is 0 Å². The number of methoxy groups -OCH3 is 1. The van der Waals surface area contributed by atoms with Crippen molar-refractivity contribution in [2.75, 3.05) is 46.4 Å². The standard InChI is InChI=1S/C12H26N4O/c1-3-16-7-4-5-11(10-16)9-15-12(13)14-6-8-17-2/h11H,3-10H2,1-2H3,(H3,13,14,15)/t11-/m0/s1. The number of aliphatic imine (C=N–C) groups is 1. The van der Waals surface area contributed by atoms with Crippen molar-refractivity contribution in [3.63, 3.8) is 0 Å². The van der Waals surface area contributed by atoms with E-state index in [0.717, 1.165) is 26.2 Å². The van der Waals surface area contributed by atoms with Gasteiger partial charge in [0.05, 0.1) is 6.61 Å². The molecule has 1 aliphatic heterocycles. The molecular formula is C12H26N4O. The van der Waals surface area contributed by atoms with Gasteiger partial charge < -0.3 is 20.7 Å². The molecule has 100 valence electrons. The van der Waals surface area contributed by atoms with Crippen LogP contribution in [0.5, 0.6) is 0 Å². The predicted octanol–water partition coefficient (Wildman–Crippen LogP) is 0.269. The van der Waals surface area contributed by atoms with E-state index in [0.29, 0.717) is 18.5 Å². The summed E-state index contributed by atoms with van der Waals surface area (Å²) in [7, 11) is 1.68. The highest BCUT2D eigenvalue weighted by molar-refractivity contribution is 5.77. The number of likely N-dealkylation sites (tertiary alicyclic amines) is 1. The van der Waals surface area contributed by atoms with Crippen molar-refractivity contribution in [3.05, 3.63) is 0 Å². The number of guanidine groups is 1. The van der Waals surface area contributed by atoms with Gasteiger partial charge >= 0.3 is 0 Å². The van der Waals surface area contributed by atoms with Crippen molar-refractivity contribution in [3.8, 4) is 0 Å². The Bertz CT molecular complexity index is 233. The predicted molar refractivity (Wildman–Crippen MR) is 71.2 cm³/mol. The highest BCUT2D eigenvalue weighted by Gasteiger charge is 2.17. The number of ether oxygens (including phenoxy) is 1. The zero-order valence-corrected chi connectivity index (χ0v) is 11.1. The average molecular weight is 242 g/mol. The zero-order valence-electron chi connectivity index (χ0n) is 11.1. The van der Waals surface area contributed by atoms with Gasteiger partial charge in [0, 0.05) is 26.7 Å². The Labute approximate surface area is 104 Å². The number of piperidine rings is 1. The van der Waals surface area contributed by atoms with E-state index in [-0.39, 0.29) is 0 Å². The maximum Gasteiger partial charge on any atom is 0.188 e. The Morgan fingerprint density at radius 2 is 2.41 bits per heavy atom. The van der Waals surface area contributed by atoms with Gasteiger partial charge in [-0.2, -0.15) is 0 Å². The molecule has 0 radical (unpaired) electrons. The summed E-state index contributed by atoms with van der Waals surface area (Å²) in [6.45, 7) is 7.96. The number of nitrogens with two attached hydrogens (primary N) is 1. The second-order valence-corrected chi connectivity index (χ2v) is 4.55. The minimum absolute atomic E-state index is 0.538. The van der Waals surface area contributed by atoms with Gasteiger partial charge in [-0.3, -0.25) is 4.99 Å². The third kappa shape index (κ3) is 5.89. The lowest BCUT2D eigenvalue weighted by molar-refractivity contribution is 0.186. The number of hydrogen-bond acceptors (Lipinski definition) is 3. The summed E-state index contributed by atoms with van der Waals surface area (Å²) in [5.41, 5.74) is 5.77. The molecule has 0 saturated carbocycles. The van der Waals surface area contributed by atoms with Gasteiger partial charge in [-0.1, -0.05) is 6.92 Å². The van der Waals surface area contributed by atoms with Crippen LogP contribution in [0, 0.1) is 5.92 Å². The minimum Gasteiger partial charge on any atom is -0.383 e. The fraction of sp³-hybridized carbons (Fsp3) is 0.917. The van der Waals surface area contributed by atoms with Gasteiger partial charge in [-0.05, 0) is 31.8 Å². The second kappa shape index (κ2) is 8.31. The molecule has 0 unspecified atom stereocenters. The van der Waals surface area contributed by atoms with Crippen LogP contribution in [-0.4, -0.2) is 57.3 Å². The maximum atomic E-state index is 5.77. The molecule has 0 aromatic rings. The second-order valence-electron chi connectivity index (χ2n) is 4.55. The first-order valence-electron chi connectivity index (χ1n) is 6.51. The first kappa shape index (κ1) is 14.3. The molecule has 5 nitrogen and oxygen atoms in total. The Kier molecular flexibility index (Phi) is 6.96. The maximum absolute atomic E-state index is 5.77. The van der Waals surface area contributed by atoms with Crippen molar-refractivity contribution >= 4 is 5.96 Å². The Balaban J connectivity index is 2.21. The van der Waals surface area contributed by atoms with Crippen LogP contribution >= 0.6 is 0 Å². The van der Waals surface area contributed by atoms with E-state index in [9.17, 15) is 0 Å². The highest BCUT2D eigenvalue weighted by Crippen LogP contribution is 2.16. The number of nitrogens with zero attached hydrogens (tertiary/aromatic N) is 2. The third-order valence-corrected chi connectivity index (χ3v) is 3.18. The fourth-order valence-electron chi connectivity index (χ4n) is 2.15. The summed E-state index contributed by atoms with van der Waals surface area (Å²) in [4.78, 5) is 6.87. The van der Waals surface area contributed by atoms with E-state index in [2.05, 4.69) is 22.1 Å². The normalized spacial score (nSPS) is 22.7. The molecule has 1 heterocycles.